The van der Waals surface area contributed by atoms with Crippen LogP contribution in [0.2, 0.25) is 0 Å². The van der Waals surface area contributed by atoms with Crippen molar-refractivity contribution in [1.29, 1.82) is 5.39 Å². The van der Waals surface area contributed by atoms with Crippen molar-refractivity contribution in [3.05, 3.63) is 46.6 Å². The van der Waals surface area contributed by atoms with Crippen LogP contribution in [0.5, 0.6) is 0 Å². The van der Waals surface area contributed by atoms with E-state index >= 15 is 0 Å². The zero-order chi connectivity index (χ0) is 10.7. The third-order valence-corrected chi connectivity index (χ3v) is 2.13. The molecule has 0 spiro atoms. The molecule has 0 atom stereocenters. The minimum Gasteiger partial charge on any atom is -0.361 e. The summed E-state index contributed by atoms with van der Waals surface area (Å²) in [4.78, 5) is 14.3. The molecular formula is C10H9N4O+. The zero-order valence-electron chi connectivity index (χ0n) is 7.90. The summed E-state index contributed by atoms with van der Waals surface area (Å²) in [5.74, 6) is -0.380. The summed E-state index contributed by atoms with van der Waals surface area (Å²) in [5.41, 5.74) is 1.37. The second-order valence-corrected chi connectivity index (χ2v) is 3.05. The Morgan fingerprint density at radius 3 is 2.60 bits per heavy atom. The highest BCUT2D eigenvalue weighted by Crippen LogP contribution is 2.18. The topological polar surface area (TPSA) is 69.3 Å². The van der Waals surface area contributed by atoms with E-state index in [-0.39, 0.29) is 11.6 Å². The van der Waals surface area contributed by atoms with Crippen LogP contribution < -0.4 is 10.6 Å². The number of hydrogen-bond acceptors (Lipinski definition) is 3. The fraction of sp³-hybridized carbons (Fsp3) is 0.100. The van der Waals surface area contributed by atoms with Crippen molar-refractivity contribution in [2.45, 2.75) is 0 Å². The van der Waals surface area contributed by atoms with E-state index in [0.717, 1.165) is 5.56 Å². The Morgan fingerprint density at radius 1 is 1.20 bits per heavy atom. The van der Waals surface area contributed by atoms with E-state index in [2.05, 4.69) is 15.6 Å². The van der Waals surface area contributed by atoms with Crippen LogP contribution >= 0.6 is 0 Å². The van der Waals surface area contributed by atoms with Gasteiger partial charge in [0, 0.05) is 5.56 Å². The number of nitrogens with zero attached hydrogens (tertiary/aromatic N) is 2. The van der Waals surface area contributed by atoms with E-state index in [1.807, 2.05) is 30.3 Å². The van der Waals surface area contributed by atoms with Crippen LogP contribution in [0.3, 0.4) is 0 Å². The maximum Gasteiger partial charge on any atom is 0.472 e. The Bertz CT molecular complexity index is 458. The molecule has 0 unspecified atom stereocenters. The maximum atomic E-state index is 11.3. The van der Waals surface area contributed by atoms with E-state index < -0.39 is 0 Å². The first kappa shape index (κ1) is 9.21. The SMILES string of the molecule is N#[N+]C1=C(c2ccccc2)NCNC1=O. The van der Waals surface area contributed by atoms with Gasteiger partial charge >= 0.3 is 11.6 Å². The van der Waals surface area contributed by atoms with Gasteiger partial charge in [-0.2, -0.15) is 0 Å². The summed E-state index contributed by atoms with van der Waals surface area (Å²) < 4.78 is 0. The largest absolute Gasteiger partial charge is 0.472 e. The highest BCUT2D eigenvalue weighted by atomic mass is 16.2. The zero-order valence-corrected chi connectivity index (χ0v) is 7.90. The predicted octanol–water partition coefficient (Wildman–Crippen LogP) is 0.885. The summed E-state index contributed by atoms with van der Waals surface area (Å²) in [7, 11) is 0. The van der Waals surface area contributed by atoms with Gasteiger partial charge in [-0.15, -0.1) is 0 Å². The van der Waals surface area contributed by atoms with Gasteiger partial charge in [0.25, 0.3) is 0 Å². The lowest BCUT2D eigenvalue weighted by Crippen LogP contribution is -2.39. The summed E-state index contributed by atoms with van der Waals surface area (Å²) >= 11 is 0. The second-order valence-electron chi connectivity index (χ2n) is 3.05. The first-order valence-corrected chi connectivity index (χ1v) is 4.50. The first-order chi connectivity index (χ1) is 7.33. The molecule has 74 valence electrons. The summed E-state index contributed by atoms with van der Waals surface area (Å²) in [6.07, 6.45) is 0. The van der Waals surface area contributed by atoms with Crippen molar-refractivity contribution in [2.75, 3.05) is 6.67 Å². The van der Waals surface area contributed by atoms with Gasteiger partial charge < -0.3 is 10.6 Å². The van der Waals surface area contributed by atoms with Crippen LogP contribution in [0.1, 0.15) is 5.56 Å². The number of carbonyl (C=O) groups is 1. The highest BCUT2D eigenvalue weighted by molar-refractivity contribution is 6.03. The molecule has 1 aromatic rings. The molecule has 5 nitrogen and oxygen atoms in total. The average molecular weight is 201 g/mol. The molecule has 0 bridgehead atoms. The van der Waals surface area contributed by atoms with Crippen LogP contribution in [-0.2, 0) is 4.79 Å². The third-order valence-electron chi connectivity index (χ3n) is 2.13. The fourth-order valence-corrected chi connectivity index (χ4v) is 1.43. The molecule has 0 aliphatic carbocycles. The molecule has 5 heteroatoms. The van der Waals surface area contributed by atoms with E-state index in [0.29, 0.717) is 12.4 Å². The Kier molecular flexibility index (Phi) is 2.33. The second kappa shape index (κ2) is 3.80. The molecular weight excluding hydrogens is 192 g/mol. The van der Waals surface area contributed by atoms with E-state index in [1.165, 1.54) is 0 Å². The van der Waals surface area contributed by atoms with Gasteiger partial charge in [-0.05, 0) is 0 Å². The standard InChI is InChI=1S/C10H8N4O/c11-14-9-8(12-6-13-10(9)15)7-4-2-1-3-5-7/h1-5H,6H2,(H-,12,13,15)/p+1. The number of carbonyl (C=O) groups excluding carboxylic acids is 1. The Balaban J connectivity index is 2.51. The summed E-state index contributed by atoms with van der Waals surface area (Å²) in [6.45, 7) is 0.335. The van der Waals surface area contributed by atoms with Crippen molar-refractivity contribution >= 4 is 11.6 Å². The van der Waals surface area contributed by atoms with Crippen molar-refractivity contribution in [1.82, 2.24) is 10.6 Å². The number of nitrogens with one attached hydrogen (secondary N) is 2. The van der Waals surface area contributed by atoms with Crippen LogP contribution in [-0.4, -0.2) is 12.6 Å². The number of amides is 1. The lowest BCUT2D eigenvalue weighted by molar-refractivity contribution is -0.117. The molecule has 2 rings (SSSR count). The first-order valence-electron chi connectivity index (χ1n) is 4.50. The van der Waals surface area contributed by atoms with Crippen molar-refractivity contribution < 1.29 is 4.79 Å². The normalized spacial score (nSPS) is 15.3. The smallest absolute Gasteiger partial charge is 0.361 e. The molecule has 0 radical (unpaired) electrons. The minimum absolute atomic E-state index is 0.00690. The lowest BCUT2D eigenvalue weighted by atomic mass is 10.1. The Hall–Kier alpha value is -2.35. The lowest BCUT2D eigenvalue weighted by Gasteiger charge is -2.13. The van der Waals surface area contributed by atoms with Crippen LogP contribution in [0, 0.1) is 5.39 Å². The van der Waals surface area contributed by atoms with E-state index in [9.17, 15) is 4.79 Å². The fourth-order valence-electron chi connectivity index (χ4n) is 1.43. The van der Waals surface area contributed by atoms with Crippen molar-refractivity contribution in [3.8, 4) is 0 Å². The number of rotatable bonds is 1. The van der Waals surface area contributed by atoms with E-state index in [4.69, 9.17) is 5.39 Å². The van der Waals surface area contributed by atoms with Gasteiger partial charge in [-0.3, -0.25) is 4.79 Å². The van der Waals surface area contributed by atoms with Gasteiger partial charge in [-0.25, -0.2) is 0 Å². The number of hydrogen-bond donors (Lipinski definition) is 2. The maximum absolute atomic E-state index is 11.3. The molecule has 0 saturated heterocycles. The summed E-state index contributed by atoms with van der Waals surface area (Å²) in [6, 6.07) is 9.26. The van der Waals surface area contributed by atoms with Gasteiger partial charge in [0.1, 0.15) is 5.70 Å². The number of benzene rings is 1. The van der Waals surface area contributed by atoms with Crippen molar-refractivity contribution in [2.24, 2.45) is 0 Å². The summed E-state index contributed by atoms with van der Waals surface area (Å²) in [5, 5.41) is 14.2. The molecule has 15 heavy (non-hydrogen) atoms. The molecule has 1 aliphatic rings. The Morgan fingerprint density at radius 2 is 1.93 bits per heavy atom. The van der Waals surface area contributed by atoms with Crippen LogP contribution in [0.25, 0.3) is 10.7 Å². The predicted molar refractivity (Wildman–Crippen MR) is 54.6 cm³/mol. The molecule has 0 saturated carbocycles. The Labute approximate surface area is 86.4 Å². The van der Waals surface area contributed by atoms with E-state index in [1.54, 1.807) is 0 Å². The molecule has 1 amide bonds. The molecule has 1 aliphatic heterocycles. The highest BCUT2D eigenvalue weighted by Gasteiger charge is 2.32. The monoisotopic (exact) mass is 201 g/mol. The van der Waals surface area contributed by atoms with Crippen LogP contribution in [0.15, 0.2) is 36.0 Å². The van der Waals surface area contributed by atoms with Gasteiger partial charge in [0.05, 0.1) is 6.67 Å². The molecule has 2 N–H and O–H groups in total. The molecule has 0 fully saturated rings. The average Bonchev–Trinajstić information content (AvgIpc) is 2.30. The van der Waals surface area contributed by atoms with Crippen molar-refractivity contribution in [3.63, 3.8) is 0 Å². The molecule has 1 aromatic carbocycles. The third kappa shape index (κ3) is 1.65. The minimum atomic E-state index is -0.380. The quantitative estimate of drug-likeness (QED) is 0.663. The van der Waals surface area contributed by atoms with Gasteiger partial charge in [-0.1, -0.05) is 30.3 Å². The molecule has 0 aromatic heterocycles. The van der Waals surface area contributed by atoms with Gasteiger partial charge in [0.15, 0.2) is 4.98 Å². The number of diazo groups is 1. The van der Waals surface area contributed by atoms with Crippen LogP contribution in [0.4, 0.5) is 0 Å². The van der Waals surface area contributed by atoms with Gasteiger partial charge in [0.2, 0.25) is 5.39 Å². The molecule has 1 heterocycles.